The van der Waals surface area contributed by atoms with E-state index in [0.717, 1.165) is 63.6 Å². The van der Waals surface area contributed by atoms with Crippen LogP contribution in [0.4, 0.5) is 10.2 Å². The summed E-state index contributed by atoms with van der Waals surface area (Å²) in [6, 6.07) is 2.34. The van der Waals surface area contributed by atoms with E-state index in [0.29, 0.717) is 59.0 Å². The number of nitrogens with one attached hydrogen (secondary N) is 1. The van der Waals surface area contributed by atoms with Gasteiger partial charge in [0.2, 0.25) is 5.88 Å². The van der Waals surface area contributed by atoms with Crippen LogP contribution in [0.25, 0.3) is 33.1 Å². The molecule has 0 radical (unpaired) electrons. The third-order valence-corrected chi connectivity index (χ3v) is 12.4. The van der Waals surface area contributed by atoms with Crippen LogP contribution in [0.15, 0.2) is 12.3 Å². The van der Waals surface area contributed by atoms with Crippen molar-refractivity contribution in [3.8, 4) is 23.1 Å². The first-order chi connectivity index (χ1) is 25.4. The molecule has 0 amide bonds. The highest BCUT2D eigenvalue weighted by molar-refractivity contribution is 6.35. The lowest BCUT2D eigenvalue weighted by Crippen LogP contribution is -2.53. The summed E-state index contributed by atoms with van der Waals surface area (Å²) in [5.41, 5.74) is 0.591. The number of nitrogens with zero attached hydrogens (tertiary/aromatic N) is 6. The molecule has 14 heteroatoms. The predicted octanol–water partition coefficient (Wildman–Crippen LogP) is 6.48. The Kier molecular flexibility index (Phi) is 9.93. The number of hydrogen-bond donors (Lipinski definition) is 2. The number of aliphatic hydroxyl groups is 1. The second-order valence-electron chi connectivity index (χ2n) is 16.3. The lowest BCUT2D eigenvalue weighted by Gasteiger charge is -2.48. The second kappa shape index (κ2) is 14.4. The second-order valence-corrected chi connectivity index (χ2v) is 16.7. The summed E-state index contributed by atoms with van der Waals surface area (Å²) >= 11 is 6.88. The highest BCUT2D eigenvalue weighted by atomic mass is 35.5. The molecule has 1 aliphatic carbocycles. The molecule has 3 aromatic heterocycles. The van der Waals surface area contributed by atoms with Crippen molar-refractivity contribution in [3.05, 3.63) is 28.7 Å². The molecule has 1 aromatic carbocycles. The van der Waals surface area contributed by atoms with Crippen LogP contribution in [0.5, 0.6) is 11.9 Å². The average molecular weight is 752 g/mol. The van der Waals surface area contributed by atoms with Crippen molar-refractivity contribution in [2.45, 2.75) is 96.5 Å². The van der Waals surface area contributed by atoms with Crippen LogP contribution in [0.2, 0.25) is 5.02 Å². The minimum absolute atomic E-state index is 0.000578. The largest absolute Gasteiger partial charge is 0.480 e. The van der Waals surface area contributed by atoms with Crippen LogP contribution in [0.1, 0.15) is 71.3 Å². The maximum absolute atomic E-state index is 17.3. The monoisotopic (exact) mass is 751 g/mol. The highest BCUT2D eigenvalue weighted by Crippen LogP contribution is 2.49. The zero-order valence-corrected chi connectivity index (χ0v) is 32.1. The number of hydrogen-bond acceptors (Lipinski definition) is 11. The summed E-state index contributed by atoms with van der Waals surface area (Å²) < 4.78 is 41.6. The molecule has 3 aliphatic heterocycles. The van der Waals surface area contributed by atoms with E-state index in [1.54, 1.807) is 13.1 Å². The zero-order chi connectivity index (χ0) is 37.1. The summed E-state index contributed by atoms with van der Waals surface area (Å²) in [4.78, 5) is 19.1. The molecular weight excluding hydrogens is 701 g/mol. The van der Waals surface area contributed by atoms with Crippen LogP contribution in [0, 0.1) is 24.1 Å². The van der Waals surface area contributed by atoms with Gasteiger partial charge in [-0.3, -0.25) is 10.00 Å². The summed E-state index contributed by atoms with van der Waals surface area (Å²) in [7, 11) is 1.49. The number of likely N-dealkylation sites (tertiary alicyclic amines) is 1. The molecule has 4 aliphatic rings. The number of aryl methyl sites for hydroxylation is 1. The van der Waals surface area contributed by atoms with Crippen molar-refractivity contribution in [1.82, 2.24) is 30.0 Å². The molecule has 5 atom stereocenters. The minimum Gasteiger partial charge on any atom is -0.480 e. The highest BCUT2D eigenvalue weighted by Gasteiger charge is 2.49. The fourth-order valence-electron chi connectivity index (χ4n) is 9.79. The van der Waals surface area contributed by atoms with Crippen LogP contribution < -0.4 is 14.4 Å². The molecular formula is C39H51ClFN7O5. The third-order valence-electron chi connectivity index (χ3n) is 12.0. The molecule has 5 unspecified atom stereocenters. The Hall–Kier alpha value is -3.36. The van der Waals surface area contributed by atoms with Gasteiger partial charge in [0, 0.05) is 35.5 Å². The van der Waals surface area contributed by atoms with Gasteiger partial charge in [-0.2, -0.15) is 15.1 Å². The minimum atomic E-state index is -1.18. The number of halogens is 2. The van der Waals surface area contributed by atoms with Crippen LogP contribution in [0.3, 0.4) is 0 Å². The Bertz CT molecular complexity index is 1990. The average Bonchev–Trinajstić information content (AvgIpc) is 3.72. The van der Waals surface area contributed by atoms with Gasteiger partial charge >= 0.3 is 6.01 Å². The number of anilines is 1. The summed E-state index contributed by atoms with van der Waals surface area (Å²) in [5.74, 6) is 0.426. The third kappa shape index (κ3) is 6.92. The first kappa shape index (κ1) is 36.6. The van der Waals surface area contributed by atoms with Crippen LogP contribution >= 0.6 is 11.6 Å². The van der Waals surface area contributed by atoms with Crippen LogP contribution in [-0.2, 0) is 9.47 Å². The van der Waals surface area contributed by atoms with Gasteiger partial charge < -0.3 is 29.0 Å². The fourth-order valence-corrected chi connectivity index (χ4v) is 10.0. The standard InChI is InChI=1S/C39H51ClFN7O5/c1-22-14-27-26(17-42-46-27)29(31(22)40)33-32(41)34-30(36(43-33)50-5)35(48-12-13-51-20-38(4,49)19-48)45-37(44-34)52-21-39-9-6-8-28(39)47(11-7-10-39)18-25-15-23(2)53-24(3)16-25/h14,17,23-25,28,49H,6-13,15-16,18-21H2,1-5H3,(H,42,46). The van der Waals surface area contributed by atoms with Gasteiger partial charge in [-0.1, -0.05) is 18.0 Å². The Labute approximate surface area is 314 Å². The molecule has 3 saturated heterocycles. The fraction of sp³-hybridized carbons (Fsp3) is 0.641. The predicted molar refractivity (Wildman–Crippen MR) is 201 cm³/mol. The lowest BCUT2D eigenvalue weighted by atomic mass is 9.75. The molecule has 53 heavy (non-hydrogen) atoms. The first-order valence-corrected chi connectivity index (χ1v) is 19.5. The molecule has 8 rings (SSSR count). The van der Waals surface area contributed by atoms with E-state index in [1.807, 2.05) is 17.9 Å². The smallest absolute Gasteiger partial charge is 0.319 e. The molecule has 0 spiro atoms. The number of aromatic amines is 1. The van der Waals surface area contributed by atoms with E-state index in [1.165, 1.54) is 7.11 Å². The molecule has 0 bridgehead atoms. The summed E-state index contributed by atoms with van der Waals surface area (Å²) in [5, 5.41) is 19.6. The van der Waals surface area contributed by atoms with Gasteiger partial charge in [0.15, 0.2) is 5.82 Å². The lowest BCUT2D eigenvalue weighted by molar-refractivity contribution is -0.0697. The number of ether oxygens (including phenoxy) is 4. The van der Waals surface area contributed by atoms with Crippen molar-refractivity contribution >= 4 is 39.2 Å². The Balaban J connectivity index is 1.20. The van der Waals surface area contributed by atoms with Crippen LogP contribution in [-0.4, -0.2) is 112 Å². The van der Waals surface area contributed by atoms with Crippen molar-refractivity contribution in [3.63, 3.8) is 0 Å². The number of methoxy groups -OCH3 is 1. The number of rotatable bonds is 8. The molecule has 12 nitrogen and oxygen atoms in total. The van der Waals surface area contributed by atoms with E-state index in [4.69, 9.17) is 45.5 Å². The van der Waals surface area contributed by atoms with Gasteiger partial charge in [0.1, 0.15) is 28.0 Å². The van der Waals surface area contributed by atoms with Gasteiger partial charge in [0.05, 0.1) is 62.4 Å². The van der Waals surface area contributed by atoms with Gasteiger partial charge in [-0.25, -0.2) is 9.37 Å². The molecule has 4 aromatic rings. The van der Waals surface area contributed by atoms with Crippen molar-refractivity contribution in [2.24, 2.45) is 11.3 Å². The first-order valence-electron chi connectivity index (χ1n) is 19.1. The molecule has 2 N–H and O–H groups in total. The quantitative estimate of drug-likeness (QED) is 0.205. The SMILES string of the molecule is COc1nc(-c2c(Cl)c(C)cc3[nH]ncc23)c(F)c2nc(OCC34CCCC3N(CC3CC(C)OC(C)C3)CCC4)nc(N3CCOCC(C)(O)C3)c12. The van der Waals surface area contributed by atoms with E-state index in [9.17, 15) is 5.11 Å². The topological polar surface area (TPSA) is 131 Å². The van der Waals surface area contributed by atoms with E-state index in [-0.39, 0.29) is 59.3 Å². The number of fused-ring (bicyclic) bond motifs is 3. The number of aromatic nitrogens is 5. The van der Waals surface area contributed by atoms with Crippen molar-refractivity contribution in [1.29, 1.82) is 0 Å². The number of H-pyrrole nitrogens is 1. The van der Waals surface area contributed by atoms with E-state index < -0.39 is 11.4 Å². The molecule has 4 fully saturated rings. The van der Waals surface area contributed by atoms with Crippen molar-refractivity contribution in [2.75, 3.05) is 58.0 Å². The summed E-state index contributed by atoms with van der Waals surface area (Å²) in [6.07, 6.45) is 9.84. The number of piperidine rings is 1. The van der Waals surface area contributed by atoms with Gasteiger partial charge in [0.25, 0.3) is 0 Å². The van der Waals surface area contributed by atoms with E-state index >= 15 is 4.39 Å². The normalized spacial score (nSPS) is 29.8. The van der Waals surface area contributed by atoms with E-state index in [2.05, 4.69) is 28.9 Å². The summed E-state index contributed by atoms with van der Waals surface area (Å²) in [6.45, 7) is 11.6. The Morgan fingerprint density at radius 2 is 1.92 bits per heavy atom. The zero-order valence-electron chi connectivity index (χ0n) is 31.4. The van der Waals surface area contributed by atoms with Gasteiger partial charge in [-0.15, -0.1) is 0 Å². The number of β-amino-alcohol motifs (C(OH)–C–C–N with tert-alkyl or cyclic N) is 1. The Morgan fingerprint density at radius 3 is 2.72 bits per heavy atom. The maximum Gasteiger partial charge on any atom is 0.319 e. The number of benzene rings is 1. The van der Waals surface area contributed by atoms with Gasteiger partial charge in [-0.05, 0) is 90.3 Å². The molecule has 6 heterocycles. The molecule has 286 valence electrons. The molecule has 1 saturated carbocycles. The maximum atomic E-state index is 17.3. The number of pyridine rings is 1. The Morgan fingerprint density at radius 1 is 1.13 bits per heavy atom. The van der Waals surface area contributed by atoms with Crippen molar-refractivity contribution < 1.29 is 28.4 Å².